The molecule has 1 saturated carbocycles. The van der Waals surface area contributed by atoms with Crippen LogP contribution in [0.15, 0.2) is 0 Å². The molecule has 1 rings (SSSR count). The molecule has 0 amide bonds. The number of carbonyl (C=O) groups is 1. The van der Waals surface area contributed by atoms with Gasteiger partial charge in [-0.15, -0.1) is 0 Å². The van der Waals surface area contributed by atoms with Crippen molar-refractivity contribution in [3.05, 3.63) is 0 Å². The fourth-order valence-corrected chi connectivity index (χ4v) is 2.14. The van der Waals surface area contributed by atoms with Gasteiger partial charge in [0, 0.05) is 6.54 Å². The molecule has 0 aromatic rings. The second-order valence-electron chi connectivity index (χ2n) is 4.29. The van der Waals surface area contributed by atoms with Crippen molar-refractivity contribution in [1.29, 1.82) is 0 Å². The third kappa shape index (κ3) is 4.18. The fourth-order valence-electron chi connectivity index (χ4n) is 2.14. The maximum absolute atomic E-state index is 10.4. The lowest BCUT2D eigenvalue weighted by Crippen LogP contribution is -2.40. The highest BCUT2D eigenvalue weighted by atomic mass is 16.5. The molecule has 0 atom stereocenters. The molecule has 0 unspecified atom stereocenters. The van der Waals surface area contributed by atoms with Crippen molar-refractivity contribution in [1.82, 2.24) is 0 Å². The number of carboxylic acids is 1. The van der Waals surface area contributed by atoms with Gasteiger partial charge in [-0.1, -0.05) is 25.7 Å². The molecular weight excluding hydrogens is 194 g/mol. The molecule has 4 heteroatoms. The van der Waals surface area contributed by atoms with E-state index in [1.54, 1.807) is 0 Å². The summed E-state index contributed by atoms with van der Waals surface area (Å²) in [4.78, 5) is 10.4. The van der Waals surface area contributed by atoms with Crippen LogP contribution >= 0.6 is 0 Å². The summed E-state index contributed by atoms with van der Waals surface area (Å²) >= 11 is 0. The number of aliphatic carboxylic acids is 1. The molecular formula is C11H21NO3. The Labute approximate surface area is 90.8 Å². The molecule has 15 heavy (non-hydrogen) atoms. The summed E-state index contributed by atoms with van der Waals surface area (Å²) in [5, 5.41) is 8.54. The van der Waals surface area contributed by atoms with Crippen LogP contribution in [0.25, 0.3) is 0 Å². The van der Waals surface area contributed by atoms with Crippen molar-refractivity contribution in [2.45, 2.75) is 50.5 Å². The maximum atomic E-state index is 10.4. The van der Waals surface area contributed by atoms with Gasteiger partial charge < -0.3 is 15.6 Å². The van der Waals surface area contributed by atoms with Gasteiger partial charge in [0.2, 0.25) is 0 Å². The van der Waals surface area contributed by atoms with Gasteiger partial charge in [-0.25, -0.2) is 0 Å². The normalized spacial score (nSPS) is 20.9. The first kappa shape index (κ1) is 12.5. The Kier molecular flexibility index (Phi) is 5.05. The van der Waals surface area contributed by atoms with Crippen molar-refractivity contribution < 1.29 is 14.6 Å². The van der Waals surface area contributed by atoms with Gasteiger partial charge in [-0.2, -0.15) is 0 Å². The number of ether oxygens (including phenoxy) is 1. The maximum Gasteiger partial charge on any atom is 0.305 e. The average molecular weight is 215 g/mol. The zero-order chi connectivity index (χ0) is 11.1. The molecule has 0 bridgehead atoms. The highest BCUT2D eigenvalue weighted by Gasteiger charge is 2.30. The lowest BCUT2D eigenvalue weighted by Gasteiger charge is -2.31. The molecule has 0 spiro atoms. The van der Waals surface area contributed by atoms with Crippen LogP contribution in [0.2, 0.25) is 0 Å². The van der Waals surface area contributed by atoms with Crippen LogP contribution in [0, 0.1) is 0 Å². The van der Waals surface area contributed by atoms with E-state index in [2.05, 4.69) is 0 Å². The molecule has 0 heterocycles. The number of carboxylic acid groups (broad SMARTS) is 1. The Bertz CT molecular complexity index is 198. The van der Waals surface area contributed by atoms with E-state index < -0.39 is 5.97 Å². The van der Waals surface area contributed by atoms with E-state index in [0.29, 0.717) is 6.54 Å². The monoisotopic (exact) mass is 215 g/mol. The molecule has 0 aromatic carbocycles. The van der Waals surface area contributed by atoms with E-state index in [0.717, 1.165) is 25.7 Å². The molecule has 1 aliphatic carbocycles. The highest BCUT2D eigenvalue weighted by Crippen LogP contribution is 2.29. The van der Waals surface area contributed by atoms with Crippen molar-refractivity contribution >= 4 is 5.97 Å². The molecule has 3 N–H and O–H groups in total. The van der Waals surface area contributed by atoms with E-state index in [-0.39, 0.29) is 18.6 Å². The molecule has 88 valence electrons. The second-order valence-corrected chi connectivity index (χ2v) is 4.29. The number of hydrogen-bond donors (Lipinski definition) is 2. The van der Waals surface area contributed by atoms with Gasteiger partial charge in [0.25, 0.3) is 0 Å². The molecule has 0 aliphatic heterocycles. The van der Waals surface area contributed by atoms with Gasteiger partial charge in [-0.05, 0) is 12.8 Å². The predicted octanol–water partition coefficient (Wildman–Crippen LogP) is 1.53. The summed E-state index contributed by atoms with van der Waals surface area (Å²) < 4.78 is 5.70. The minimum atomic E-state index is -0.809. The Morgan fingerprint density at radius 1 is 1.27 bits per heavy atom. The predicted molar refractivity (Wildman–Crippen MR) is 57.7 cm³/mol. The van der Waals surface area contributed by atoms with Gasteiger partial charge in [0.05, 0.1) is 18.6 Å². The summed E-state index contributed by atoms with van der Waals surface area (Å²) in [6.07, 6.45) is 6.79. The Balaban J connectivity index is 2.39. The van der Waals surface area contributed by atoms with Crippen molar-refractivity contribution in [2.24, 2.45) is 5.73 Å². The SMILES string of the molecule is NCC1(OCCC(=O)O)CCCCCC1. The zero-order valence-corrected chi connectivity index (χ0v) is 9.21. The average Bonchev–Trinajstić information content (AvgIpc) is 2.44. The van der Waals surface area contributed by atoms with Crippen LogP contribution in [-0.4, -0.2) is 29.8 Å². The summed E-state index contributed by atoms with van der Waals surface area (Å²) in [6, 6.07) is 0. The van der Waals surface area contributed by atoms with Crippen LogP contribution in [0.5, 0.6) is 0 Å². The van der Waals surface area contributed by atoms with Gasteiger partial charge in [0.15, 0.2) is 0 Å². The van der Waals surface area contributed by atoms with Crippen molar-refractivity contribution in [3.8, 4) is 0 Å². The van der Waals surface area contributed by atoms with Gasteiger partial charge >= 0.3 is 5.97 Å². The van der Waals surface area contributed by atoms with E-state index in [9.17, 15) is 4.79 Å². The largest absolute Gasteiger partial charge is 0.481 e. The van der Waals surface area contributed by atoms with Crippen LogP contribution in [0.1, 0.15) is 44.9 Å². The molecule has 1 fully saturated rings. The Hall–Kier alpha value is -0.610. The second kappa shape index (κ2) is 6.08. The third-order valence-electron chi connectivity index (χ3n) is 3.11. The van der Waals surface area contributed by atoms with E-state index in [4.69, 9.17) is 15.6 Å². The molecule has 1 aliphatic rings. The van der Waals surface area contributed by atoms with Crippen LogP contribution in [0.3, 0.4) is 0 Å². The lowest BCUT2D eigenvalue weighted by molar-refractivity contribution is -0.140. The van der Waals surface area contributed by atoms with E-state index >= 15 is 0 Å². The Morgan fingerprint density at radius 2 is 1.87 bits per heavy atom. The summed E-state index contributed by atoms with van der Waals surface area (Å²) in [6.45, 7) is 0.791. The Morgan fingerprint density at radius 3 is 2.33 bits per heavy atom. The standard InChI is InChI=1S/C11H21NO3/c12-9-11(15-8-5-10(13)14)6-3-1-2-4-7-11/h1-9,12H2,(H,13,14). The quantitative estimate of drug-likeness (QED) is 0.682. The lowest BCUT2D eigenvalue weighted by atomic mass is 9.94. The summed E-state index contributed by atoms with van der Waals surface area (Å²) in [5.74, 6) is -0.809. The first-order chi connectivity index (χ1) is 7.18. The zero-order valence-electron chi connectivity index (χ0n) is 9.21. The first-order valence-corrected chi connectivity index (χ1v) is 5.74. The minimum Gasteiger partial charge on any atom is -0.481 e. The minimum absolute atomic E-state index is 0.0712. The van der Waals surface area contributed by atoms with E-state index in [1.807, 2.05) is 0 Å². The molecule has 0 saturated heterocycles. The molecule has 4 nitrogen and oxygen atoms in total. The van der Waals surface area contributed by atoms with Crippen LogP contribution in [0.4, 0.5) is 0 Å². The molecule has 0 aromatic heterocycles. The topological polar surface area (TPSA) is 72.5 Å². The van der Waals surface area contributed by atoms with Crippen LogP contribution in [-0.2, 0) is 9.53 Å². The van der Waals surface area contributed by atoms with Gasteiger partial charge in [-0.3, -0.25) is 4.79 Å². The smallest absolute Gasteiger partial charge is 0.305 e. The van der Waals surface area contributed by atoms with Gasteiger partial charge in [0.1, 0.15) is 0 Å². The third-order valence-corrected chi connectivity index (χ3v) is 3.11. The van der Waals surface area contributed by atoms with Crippen molar-refractivity contribution in [3.63, 3.8) is 0 Å². The molecule has 0 radical (unpaired) electrons. The van der Waals surface area contributed by atoms with E-state index in [1.165, 1.54) is 12.8 Å². The van der Waals surface area contributed by atoms with Crippen LogP contribution < -0.4 is 5.73 Å². The first-order valence-electron chi connectivity index (χ1n) is 5.74. The number of nitrogens with two attached hydrogens (primary N) is 1. The van der Waals surface area contributed by atoms with Crippen molar-refractivity contribution in [2.75, 3.05) is 13.2 Å². The number of rotatable bonds is 5. The summed E-state index contributed by atoms with van der Waals surface area (Å²) in [5.41, 5.74) is 5.51. The fraction of sp³-hybridized carbons (Fsp3) is 0.909. The highest BCUT2D eigenvalue weighted by molar-refractivity contribution is 5.66. The number of hydrogen-bond acceptors (Lipinski definition) is 3. The summed E-state index contributed by atoms with van der Waals surface area (Å²) in [7, 11) is 0.